The Morgan fingerprint density at radius 2 is 1.47 bits per heavy atom. The van der Waals surface area contributed by atoms with E-state index in [9.17, 15) is 17.6 Å². The second-order valence-electron chi connectivity index (χ2n) is 4.07. The summed E-state index contributed by atoms with van der Waals surface area (Å²) in [6, 6.07) is 5.94. The lowest BCUT2D eigenvalue weighted by molar-refractivity contribution is 0.563. The van der Waals surface area contributed by atoms with E-state index in [-0.39, 0.29) is 17.5 Å². The highest BCUT2D eigenvalue weighted by atomic mass is 35.5. The largest absolute Gasteiger partial charge is 0.207 e. The number of halogens is 5. The second kappa shape index (κ2) is 5.61. The topological polar surface area (TPSA) is 0 Å². The lowest BCUT2D eigenvalue weighted by atomic mass is 10.0. The van der Waals surface area contributed by atoms with Crippen molar-refractivity contribution < 1.29 is 17.6 Å². The van der Waals surface area contributed by atoms with E-state index >= 15 is 0 Å². The molecule has 0 fully saturated rings. The molecule has 0 radical (unpaired) electrons. The predicted octanol–water partition coefficient (Wildman–Crippen LogP) is 4.77. The van der Waals surface area contributed by atoms with Gasteiger partial charge in [-0.3, -0.25) is 0 Å². The molecule has 0 aliphatic heterocycles. The number of rotatable bonds is 3. The van der Waals surface area contributed by atoms with Crippen molar-refractivity contribution in [3.8, 4) is 0 Å². The van der Waals surface area contributed by atoms with E-state index in [1.165, 1.54) is 6.07 Å². The van der Waals surface area contributed by atoms with Gasteiger partial charge in [0.05, 0.1) is 5.38 Å². The summed E-state index contributed by atoms with van der Waals surface area (Å²) in [5, 5.41) is -0.935. The van der Waals surface area contributed by atoms with E-state index in [1.54, 1.807) is 0 Å². The molecule has 0 bridgehead atoms. The highest BCUT2D eigenvalue weighted by Crippen LogP contribution is 2.28. The fraction of sp³-hybridized carbons (Fsp3) is 0.143. The Morgan fingerprint density at radius 3 is 2.16 bits per heavy atom. The summed E-state index contributed by atoms with van der Waals surface area (Å²) >= 11 is 5.96. The van der Waals surface area contributed by atoms with E-state index in [4.69, 9.17) is 11.6 Å². The van der Waals surface area contributed by atoms with Crippen LogP contribution in [-0.2, 0) is 6.42 Å². The van der Waals surface area contributed by atoms with Gasteiger partial charge in [0.1, 0.15) is 23.3 Å². The van der Waals surface area contributed by atoms with Crippen molar-refractivity contribution in [3.05, 3.63) is 70.8 Å². The number of alkyl halides is 1. The summed E-state index contributed by atoms with van der Waals surface area (Å²) in [5.41, 5.74) is 0.0930. The third kappa shape index (κ3) is 3.26. The first-order chi connectivity index (χ1) is 8.97. The van der Waals surface area contributed by atoms with Crippen molar-refractivity contribution in [2.24, 2.45) is 0 Å². The lowest BCUT2D eigenvalue weighted by Gasteiger charge is -2.12. The van der Waals surface area contributed by atoms with Crippen LogP contribution in [0.5, 0.6) is 0 Å². The molecule has 2 aromatic carbocycles. The molecule has 0 saturated carbocycles. The molecule has 2 rings (SSSR count). The normalized spacial score (nSPS) is 12.5. The van der Waals surface area contributed by atoms with Crippen LogP contribution in [0.1, 0.15) is 16.5 Å². The minimum Gasteiger partial charge on any atom is -0.207 e. The van der Waals surface area contributed by atoms with Gasteiger partial charge >= 0.3 is 0 Å². The summed E-state index contributed by atoms with van der Waals surface area (Å²) in [7, 11) is 0. The number of hydrogen-bond acceptors (Lipinski definition) is 0. The Morgan fingerprint density at radius 1 is 0.842 bits per heavy atom. The van der Waals surface area contributed by atoms with Gasteiger partial charge in [0.25, 0.3) is 0 Å². The van der Waals surface area contributed by atoms with Crippen LogP contribution in [0.25, 0.3) is 0 Å². The summed E-state index contributed by atoms with van der Waals surface area (Å²) in [6.45, 7) is 0. The van der Waals surface area contributed by atoms with Crippen molar-refractivity contribution in [2.75, 3.05) is 0 Å². The Labute approximate surface area is 112 Å². The first-order valence-electron chi connectivity index (χ1n) is 5.50. The Balaban J connectivity index is 2.25. The molecule has 0 aliphatic carbocycles. The van der Waals surface area contributed by atoms with Gasteiger partial charge in [0.2, 0.25) is 0 Å². The van der Waals surface area contributed by atoms with Gasteiger partial charge in [0, 0.05) is 11.6 Å². The van der Waals surface area contributed by atoms with Crippen LogP contribution in [0.15, 0.2) is 36.4 Å². The predicted molar refractivity (Wildman–Crippen MR) is 65.0 cm³/mol. The fourth-order valence-electron chi connectivity index (χ4n) is 1.74. The molecule has 5 heteroatoms. The van der Waals surface area contributed by atoms with Crippen molar-refractivity contribution in [1.82, 2.24) is 0 Å². The maximum atomic E-state index is 13.5. The van der Waals surface area contributed by atoms with Gasteiger partial charge in [0.15, 0.2) is 0 Å². The van der Waals surface area contributed by atoms with Crippen LogP contribution < -0.4 is 0 Å². The third-order valence-electron chi connectivity index (χ3n) is 2.71. The molecule has 0 amide bonds. The zero-order valence-corrected chi connectivity index (χ0v) is 10.4. The molecule has 0 aromatic heterocycles. The van der Waals surface area contributed by atoms with E-state index in [2.05, 4.69) is 0 Å². The van der Waals surface area contributed by atoms with Crippen molar-refractivity contribution >= 4 is 11.6 Å². The monoisotopic (exact) mass is 288 g/mol. The molecule has 1 unspecified atom stereocenters. The van der Waals surface area contributed by atoms with E-state index < -0.39 is 28.6 Å². The average Bonchev–Trinajstić information content (AvgIpc) is 2.35. The Bertz CT molecular complexity index is 598. The fourth-order valence-corrected chi connectivity index (χ4v) is 2.08. The summed E-state index contributed by atoms with van der Waals surface area (Å²) in [4.78, 5) is 0. The SMILES string of the molecule is Fc1ccc(CC(Cl)c2cc(F)ccc2F)c(F)c1. The first-order valence-corrected chi connectivity index (χ1v) is 5.94. The zero-order valence-electron chi connectivity index (χ0n) is 9.64. The summed E-state index contributed by atoms with van der Waals surface area (Å²) < 4.78 is 52.7. The third-order valence-corrected chi connectivity index (χ3v) is 3.10. The maximum Gasteiger partial charge on any atom is 0.129 e. The van der Waals surface area contributed by atoms with Crippen LogP contribution in [0.4, 0.5) is 17.6 Å². The number of hydrogen-bond donors (Lipinski definition) is 0. The molecule has 0 spiro atoms. The highest BCUT2D eigenvalue weighted by molar-refractivity contribution is 6.20. The quantitative estimate of drug-likeness (QED) is 0.564. The maximum absolute atomic E-state index is 13.5. The van der Waals surface area contributed by atoms with Gasteiger partial charge in [-0.1, -0.05) is 6.07 Å². The molecule has 0 saturated heterocycles. The molecule has 1 atom stereocenters. The standard InChI is InChI=1S/C14H9ClF4/c15-12(11-6-9(16)3-4-13(11)18)5-8-1-2-10(17)7-14(8)19/h1-4,6-7,12H,5H2. The molecule has 0 aliphatic rings. The summed E-state index contributed by atoms with van der Waals surface area (Å²) in [5.74, 6) is -2.75. The van der Waals surface area contributed by atoms with Gasteiger partial charge in [-0.2, -0.15) is 0 Å². The zero-order chi connectivity index (χ0) is 14.0. The lowest BCUT2D eigenvalue weighted by Crippen LogP contribution is -2.02. The van der Waals surface area contributed by atoms with Gasteiger partial charge in [-0.15, -0.1) is 11.6 Å². The highest BCUT2D eigenvalue weighted by Gasteiger charge is 2.16. The van der Waals surface area contributed by atoms with Crippen LogP contribution >= 0.6 is 11.6 Å². The van der Waals surface area contributed by atoms with Crippen LogP contribution in [0.3, 0.4) is 0 Å². The number of benzene rings is 2. The van der Waals surface area contributed by atoms with E-state index in [0.717, 1.165) is 30.3 Å². The first kappa shape index (κ1) is 13.9. The van der Waals surface area contributed by atoms with Gasteiger partial charge in [-0.05, 0) is 36.2 Å². The molecule has 2 aromatic rings. The molecule has 100 valence electrons. The molecule has 0 nitrogen and oxygen atoms in total. The molecule has 0 N–H and O–H groups in total. The minimum absolute atomic E-state index is 0.0506. The molecular formula is C14H9ClF4. The van der Waals surface area contributed by atoms with Crippen molar-refractivity contribution in [3.63, 3.8) is 0 Å². The second-order valence-corrected chi connectivity index (χ2v) is 4.60. The summed E-state index contributed by atoms with van der Waals surface area (Å²) in [6.07, 6.45) is -0.0615. The Hall–Kier alpha value is -1.55. The Kier molecular flexibility index (Phi) is 4.10. The molecule has 19 heavy (non-hydrogen) atoms. The van der Waals surface area contributed by atoms with E-state index in [0.29, 0.717) is 0 Å². The van der Waals surface area contributed by atoms with Crippen LogP contribution in [0, 0.1) is 23.3 Å². The van der Waals surface area contributed by atoms with Gasteiger partial charge in [-0.25, -0.2) is 17.6 Å². The van der Waals surface area contributed by atoms with Crippen molar-refractivity contribution in [1.29, 1.82) is 0 Å². The van der Waals surface area contributed by atoms with Crippen LogP contribution in [0.2, 0.25) is 0 Å². The molecule has 0 heterocycles. The van der Waals surface area contributed by atoms with Crippen LogP contribution in [-0.4, -0.2) is 0 Å². The van der Waals surface area contributed by atoms with E-state index in [1.807, 2.05) is 0 Å². The van der Waals surface area contributed by atoms with Gasteiger partial charge < -0.3 is 0 Å². The smallest absolute Gasteiger partial charge is 0.129 e. The van der Waals surface area contributed by atoms with Crippen molar-refractivity contribution in [2.45, 2.75) is 11.8 Å². The molecular weight excluding hydrogens is 280 g/mol. The average molecular weight is 289 g/mol. The minimum atomic E-state index is -0.935.